The molecule has 5 nitrogen and oxygen atoms in total. The fraction of sp³-hybridized carbons (Fsp3) is 0.0741. The predicted molar refractivity (Wildman–Crippen MR) is 130 cm³/mol. The zero-order valence-corrected chi connectivity index (χ0v) is 19.2. The van der Waals surface area contributed by atoms with E-state index in [4.69, 9.17) is 4.74 Å². The molecule has 33 heavy (non-hydrogen) atoms. The van der Waals surface area contributed by atoms with E-state index in [0.29, 0.717) is 11.4 Å². The molecule has 1 aromatic heterocycles. The van der Waals surface area contributed by atoms with Gasteiger partial charge in [-0.2, -0.15) is 4.57 Å². The van der Waals surface area contributed by atoms with Crippen LogP contribution in [0.25, 0.3) is 21.7 Å². The summed E-state index contributed by atoms with van der Waals surface area (Å²) in [4.78, 5) is 0.153. The first-order chi connectivity index (χ1) is 16.0. The normalized spacial score (nSPS) is 11.8. The van der Waals surface area contributed by atoms with Crippen molar-refractivity contribution in [3.05, 3.63) is 125 Å². The number of benzene rings is 3. The highest BCUT2D eigenvalue weighted by molar-refractivity contribution is 7.94. The molecule has 0 amide bonds. The summed E-state index contributed by atoms with van der Waals surface area (Å²) in [5.41, 5.74) is 4.30. The molecule has 1 heterocycles. The second-order valence-corrected chi connectivity index (χ2v) is 9.09. The molecular weight excluding hydrogens is 432 g/mol. The maximum Gasteiger partial charge on any atom is 0.218 e. The molecule has 0 bridgehead atoms. The lowest BCUT2D eigenvalue weighted by Crippen LogP contribution is -2.35. The summed E-state index contributed by atoms with van der Waals surface area (Å²) in [7, 11) is -2.26. The van der Waals surface area contributed by atoms with E-state index in [1.807, 2.05) is 90.5 Å². The lowest BCUT2D eigenvalue weighted by Gasteiger charge is -2.18. The van der Waals surface area contributed by atoms with Gasteiger partial charge in [-0.25, -0.2) is 8.42 Å². The summed E-state index contributed by atoms with van der Waals surface area (Å²) >= 11 is 0. The van der Waals surface area contributed by atoms with E-state index in [-0.39, 0.29) is 4.90 Å². The Kier molecular flexibility index (Phi) is 6.56. The van der Waals surface area contributed by atoms with Gasteiger partial charge in [0, 0.05) is 23.3 Å². The van der Waals surface area contributed by atoms with Crippen LogP contribution in [0.5, 0.6) is 5.75 Å². The van der Waals surface area contributed by atoms with Crippen molar-refractivity contribution in [1.82, 2.24) is 0 Å². The van der Waals surface area contributed by atoms with Gasteiger partial charge in [0.05, 0.1) is 12.0 Å². The van der Waals surface area contributed by atoms with Crippen LogP contribution in [0.1, 0.15) is 11.1 Å². The van der Waals surface area contributed by atoms with Gasteiger partial charge in [-0.3, -0.25) is 0 Å². The molecule has 3 aromatic carbocycles. The number of hydrogen-bond acceptors (Lipinski definition) is 3. The first-order valence-electron chi connectivity index (χ1n) is 10.4. The molecule has 0 aliphatic heterocycles. The van der Waals surface area contributed by atoms with Gasteiger partial charge in [-0.1, -0.05) is 42.1 Å². The van der Waals surface area contributed by atoms with E-state index in [1.165, 1.54) is 6.20 Å². The number of rotatable bonds is 7. The summed E-state index contributed by atoms with van der Waals surface area (Å²) in [6.07, 6.45) is 3.30. The first kappa shape index (κ1) is 22.3. The highest BCUT2D eigenvalue weighted by Gasteiger charge is 2.18. The summed E-state index contributed by atoms with van der Waals surface area (Å²) in [5.74, 6) is 0.712. The van der Waals surface area contributed by atoms with E-state index in [0.717, 1.165) is 22.4 Å². The molecule has 0 saturated carbocycles. The average molecular weight is 457 g/mol. The Morgan fingerprint density at radius 1 is 0.848 bits per heavy atom. The Bertz CT molecular complexity index is 1360. The molecular formula is C27H24N2O3S. The van der Waals surface area contributed by atoms with E-state index >= 15 is 0 Å². The SMILES string of the molecule is COc1ccc(/C(=C/[N-]S(=O)(=O)c2ccc(C)cc2)[n+]2ccccc2-c2ccccc2)cc1. The standard InChI is InChI=1S/C27H24N2O3S/c1-21-11-17-25(18-12-21)33(30,31)28-20-27(23-13-15-24(32-2)16-14-23)29-19-7-6-10-26(29)22-8-4-3-5-9-22/h3-20H,1-2H3/b27-20-. The van der Waals surface area contributed by atoms with Crippen LogP contribution < -0.4 is 9.30 Å². The van der Waals surface area contributed by atoms with Gasteiger partial charge in [0.25, 0.3) is 0 Å². The molecule has 4 rings (SSSR count). The summed E-state index contributed by atoms with van der Waals surface area (Å²) in [5, 5.41) is 0. The van der Waals surface area contributed by atoms with Crippen LogP contribution in [0.3, 0.4) is 0 Å². The van der Waals surface area contributed by atoms with Crippen LogP contribution in [0.2, 0.25) is 0 Å². The Morgan fingerprint density at radius 2 is 1.52 bits per heavy atom. The van der Waals surface area contributed by atoms with Crippen LogP contribution in [-0.2, 0) is 10.0 Å². The van der Waals surface area contributed by atoms with E-state index in [9.17, 15) is 8.42 Å². The molecule has 0 aliphatic rings. The molecule has 0 aliphatic carbocycles. The van der Waals surface area contributed by atoms with Crippen LogP contribution in [0.4, 0.5) is 0 Å². The molecule has 0 saturated heterocycles. The first-order valence-corrected chi connectivity index (χ1v) is 11.9. The van der Waals surface area contributed by atoms with Crippen LogP contribution in [0.15, 0.2) is 114 Å². The van der Waals surface area contributed by atoms with Crippen molar-refractivity contribution in [3.8, 4) is 17.0 Å². The molecule has 0 radical (unpaired) electrons. The van der Waals surface area contributed by atoms with Crippen LogP contribution >= 0.6 is 0 Å². The zero-order chi connectivity index (χ0) is 23.3. The Labute approximate surface area is 194 Å². The van der Waals surface area contributed by atoms with Crippen molar-refractivity contribution < 1.29 is 17.7 Å². The minimum Gasteiger partial charge on any atom is -0.574 e. The minimum absolute atomic E-state index is 0.153. The zero-order valence-electron chi connectivity index (χ0n) is 18.4. The smallest absolute Gasteiger partial charge is 0.218 e. The number of hydrogen-bond donors (Lipinski definition) is 0. The van der Waals surface area contributed by atoms with Crippen molar-refractivity contribution in [2.75, 3.05) is 7.11 Å². The third kappa shape index (κ3) is 5.13. The van der Waals surface area contributed by atoms with Crippen molar-refractivity contribution in [1.29, 1.82) is 0 Å². The quantitative estimate of drug-likeness (QED) is 0.342. The van der Waals surface area contributed by atoms with E-state index in [2.05, 4.69) is 4.72 Å². The number of ether oxygens (including phenoxy) is 1. The maximum absolute atomic E-state index is 12.9. The van der Waals surface area contributed by atoms with Crippen LogP contribution in [-0.4, -0.2) is 15.5 Å². The lowest BCUT2D eigenvalue weighted by molar-refractivity contribution is -0.567. The molecule has 0 atom stereocenters. The van der Waals surface area contributed by atoms with Gasteiger partial charge in [0.1, 0.15) is 15.8 Å². The molecule has 0 fully saturated rings. The van der Waals surface area contributed by atoms with Gasteiger partial charge in [0.2, 0.25) is 5.69 Å². The molecule has 0 unspecified atom stereocenters. The monoisotopic (exact) mass is 456 g/mol. The average Bonchev–Trinajstić information content (AvgIpc) is 2.85. The number of pyridine rings is 1. The molecule has 0 spiro atoms. The third-order valence-electron chi connectivity index (χ3n) is 5.21. The fourth-order valence-electron chi connectivity index (χ4n) is 3.43. The maximum atomic E-state index is 12.9. The Morgan fingerprint density at radius 3 is 2.18 bits per heavy atom. The second-order valence-electron chi connectivity index (χ2n) is 7.46. The van der Waals surface area contributed by atoms with E-state index < -0.39 is 10.0 Å². The van der Waals surface area contributed by atoms with Gasteiger partial charge < -0.3 is 9.46 Å². The van der Waals surface area contributed by atoms with E-state index in [1.54, 1.807) is 31.4 Å². The van der Waals surface area contributed by atoms with Gasteiger partial charge in [-0.15, -0.1) is 0 Å². The van der Waals surface area contributed by atoms with Gasteiger partial charge >= 0.3 is 0 Å². The second kappa shape index (κ2) is 9.71. The molecule has 0 N–H and O–H groups in total. The number of nitrogens with zero attached hydrogens (tertiary/aromatic N) is 2. The van der Waals surface area contributed by atoms with Crippen molar-refractivity contribution >= 4 is 15.7 Å². The van der Waals surface area contributed by atoms with Gasteiger partial charge in [0.15, 0.2) is 11.9 Å². The molecule has 6 heteroatoms. The lowest BCUT2D eigenvalue weighted by atomic mass is 10.1. The molecule has 4 aromatic rings. The van der Waals surface area contributed by atoms with Crippen LogP contribution in [0, 0.1) is 6.92 Å². The topological polar surface area (TPSA) is 61.4 Å². The number of aryl methyl sites for hydroxylation is 1. The van der Waals surface area contributed by atoms with Crippen molar-refractivity contribution in [2.45, 2.75) is 11.8 Å². The number of sulfonamides is 1. The summed E-state index contributed by atoms with van der Waals surface area (Å²) < 4.78 is 37.1. The third-order valence-corrected chi connectivity index (χ3v) is 6.46. The highest BCUT2D eigenvalue weighted by atomic mass is 32.2. The Hall–Kier alpha value is -3.90. The summed E-state index contributed by atoms with van der Waals surface area (Å²) in [6, 6.07) is 29.9. The van der Waals surface area contributed by atoms with Gasteiger partial charge in [-0.05, 0) is 61.5 Å². The number of methoxy groups -OCH3 is 1. The minimum atomic E-state index is -3.87. The Balaban J connectivity index is 1.82. The molecule has 166 valence electrons. The largest absolute Gasteiger partial charge is 0.574 e. The van der Waals surface area contributed by atoms with Crippen molar-refractivity contribution in [2.24, 2.45) is 0 Å². The predicted octanol–water partition coefficient (Wildman–Crippen LogP) is 5.57. The summed E-state index contributed by atoms with van der Waals surface area (Å²) in [6.45, 7) is 1.91. The highest BCUT2D eigenvalue weighted by Crippen LogP contribution is 2.24. The van der Waals surface area contributed by atoms with Crippen molar-refractivity contribution in [3.63, 3.8) is 0 Å². The number of aromatic nitrogens is 1. The fourth-order valence-corrected chi connectivity index (χ4v) is 4.27.